The van der Waals surface area contributed by atoms with Gasteiger partial charge in [-0.15, -0.1) is 0 Å². The topological polar surface area (TPSA) is 75.7 Å². The quantitative estimate of drug-likeness (QED) is 0.777. The molecular formula is C24H24N2O4. The summed E-state index contributed by atoms with van der Waals surface area (Å²) in [5, 5.41) is 2.94. The Morgan fingerprint density at radius 2 is 1.90 bits per heavy atom. The minimum atomic E-state index is -0.332. The molecule has 2 aliphatic carbocycles. The van der Waals surface area contributed by atoms with Crippen molar-refractivity contribution in [3.05, 3.63) is 65.7 Å². The molecule has 154 valence electrons. The van der Waals surface area contributed by atoms with Gasteiger partial charge in [-0.05, 0) is 42.5 Å². The number of esters is 1. The molecule has 5 rings (SSSR count). The molecule has 5 atom stereocenters. The van der Waals surface area contributed by atoms with Crippen LogP contribution in [0.2, 0.25) is 0 Å². The standard InChI is InChI=1S/C24H24N2O4/c1-26(13-14-6-3-2-4-7-14)23(28)15-8-5-9-17(10-15)25-22(27)20-16-11-18-19(12-16)30-24(29)21(18)20/h2-10,16,18-21H,11-13H2,1H3,(H,25,27)/t16-,18+,19-,20+,21-/m1/s1. The van der Waals surface area contributed by atoms with Gasteiger partial charge in [-0.1, -0.05) is 36.4 Å². The Hall–Kier alpha value is -3.15. The summed E-state index contributed by atoms with van der Waals surface area (Å²) < 4.78 is 5.43. The van der Waals surface area contributed by atoms with Crippen LogP contribution in [0, 0.1) is 23.7 Å². The van der Waals surface area contributed by atoms with Crippen LogP contribution in [0.4, 0.5) is 5.69 Å². The summed E-state index contributed by atoms with van der Waals surface area (Å²) in [4.78, 5) is 39.7. The zero-order valence-electron chi connectivity index (χ0n) is 16.8. The summed E-state index contributed by atoms with van der Waals surface area (Å²) >= 11 is 0. The summed E-state index contributed by atoms with van der Waals surface area (Å²) in [6, 6.07) is 16.8. The van der Waals surface area contributed by atoms with Crippen LogP contribution in [0.15, 0.2) is 54.6 Å². The number of nitrogens with one attached hydrogen (secondary N) is 1. The van der Waals surface area contributed by atoms with E-state index in [9.17, 15) is 14.4 Å². The van der Waals surface area contributed by atoms with E-state index >= 15 is 0 Å². The Bertz CT molecular complexity index is 1000. The molecule has 0 aromatic heterocycles. The molecule has 3 aliphatic rings. The molecule has 6 nitrogen and oxygen atoms in total. The lowest BCUT2D eigenvalue weighted by atomic mass is 9.79. The summed E-state index contributed by atoms with van der Waals surface area (Å²) in [5.41, 5.74) is 2.14. The minimum absolute atomic E-state index is 0.0117. The summed E-state index contributed by atoms with van der Waals surface area (Å²) in [5.74, 6) is -0.728. The van der Waals surface area contributed by atoms with Gasteiger partial charge in [0.1, 0.15) is 6.10 Å². The molecule has 6 heteroatoms. The minimum Gasteiger partial charge on any atom is -0.462 e. The Kier molecular flexibility index (Phi) is 4.57. The summed E-state index contributed by atoms with van der Waals surface area (Å²) in [7, 11) is 1.76. The number of anilines is 1. The van der Waals surface area contributed by atoms with Crippen molar-refractivity contribution in [3.8, 4) is 0 Å². The molecule has 0 unspecified atom stereocenters. The number of amides is 2. The third-order valence-electron chi connectivity index (χ3n) is 6.77. The van der Waals surface area contributed by atoms with E-state index in [0.717, 1.165) is 18.4 Å². The Labute approximate surface area is 175 Å². The Morgan fingerprint density at radius 1 is 1.10 bits per heavy atom. The van der Waals surface area contributed by atoms with Crippen LogP contribution < -0.4 is 5.32 Å². The molecule has 0 radical (unpaired) electrons. The van der Waals surface area contributed by atoms with Crippen LogP contribution in [0.5, 0.6) is 0 Å². The van der Waals surface area contributed by atoms with Crippen molar-refractivity contribution in [2.75, 3.05) is 12.4 Å². The van der Waals surface area contributed by atoms with E-state index in [4.69, 9.17) is 4.74 Å². The van der Waals surface area contributed by atoms with E-state index in [1.165, 1.54) is 0 Å². The molecule has 2 aromatic carbocycles. The maximum atomic E-state index is 13.0. The van der Waals surface area contributed by atoms with Crippen molar-refractivity contribution in [1.82, 2.24) is 4.90 Å². The molecule has 3 fully saturated rings. The highest BCUT2D eigenvalue weighted by molar-refractivity contribution is 5.99. The fourth-order valence-corrected chi connectivity index (χ4v) is 5.47. The molecule has 2 saturated carbocycles. The first kappa shape index (κ1) is 18.9. The van der Waals surface area contributed by atoms with E-state index in [0.29, 0.717) is 17.8 Å². The van der Waals surface area contributed by atoms with E-state index < -0.39 is 0 Å². The van der Waals surface area contributed by atoms with Gasteiger partial charge in [-0.2, -0.15) is 0 Å². The monoisotopic (exact) mass is 404 g/mol. The van der Waals surface area contributed by atoms with Gasteiger partial charge < -0.3 is 15.0 Å². The first-order chi connectivity index (χ1) is 14.5. The number of benzene rings is 2. The number of hydrogen-bond acceptors (Lipinski definition) is 4. The molecule has 1 N–H and O–H groups in total. The fraction of sp³-hybridized carbons (Fsp3) is 0.375. The maximum absolute atomic E-state index is 13.0. The van der Waals surface area contributed by atoms with Crippen LogP contribution in [0.25, 0.3) is 0 Å². The predicted octanol–water partition coefficient (Wildman–Crippen LogP) is 3.09. The summed E-state index contributed by atoms with van der Waals surface area (Å²) in [6.07, 6.45) is 1.69. The van der Waals surface area contributed by atoms with Gasteiger partial charge in [0.15, 0.2) is 0 Å². The third-order valence-corrected chi connectivity index (χ3v) is 6.77. The largest absolute Gasteiger partial charge is 0.462 e. The van der Waals surface area contributed by atoms with Gasteiger partial charge in [-0.3, -0.25) is 14.4 Å². The summed E-state index contributed by atoms with van der Waals surface area (Å²) in [6.45, 7) is 0.506. The molecule has 0 spiro atoms. The van der Waals surface area contributed by atoms with Crippen LogP contribution in [0.3, 0.4) is 0 Å². The first-order valence-corrected chi connectivity index (χ1v) is 10.4. The van der Waals surface area contributed by atoms with Crippen molar-refractivity contribution in [3.63, 3.8) is 0 Å². The number of nitrogens with zero attached hydrogens (tertiary/aromatic N) is 1. The highest BCUT2D eigenvalue weighted by atomic mass is 16.6. The molecule has 2 amide bonds. The van der Waals surface area contributed by atoms with Gasteiger partial charge in [0.05, 0.1) is 11.8 Å². The zero-order chi connectivity index (χ0) is 20.8. The van der Waals surface area contributed by atoms with E-state index in [1.807, 2.05) is 30.3 Å². The average molecular weight is 404 g/mol. The molecule has 30 heavy (non-hydrogen) atoms. The normalized spacial score (nSPS) is 28.3. The van der Waals surface area contributed by atoms with Crippen molar-refractivity contribution in [1.29, 1.82) is 0 Å². The van der Waals surface area contributed by atoms with Gasteiger partial charge >= 0.3 is 5.97 Å². The third kappa shape index (κ3) is 3.16. The average Bonchev–Trinajstić information content (AvgIpc) is 3.37. The van der Waals surface area contributed by atoms with Crippen LogP contribution in [-0.4, -0.2) is 35.8 Å². The van der Waals surface area contributed by atoms with E-state index in [1.54, 1.807) is 36.2 Å². The molecule has 1 saturated heterocycles. The van der Waals surface area contributed by atoms with Crippen molar-refractivity contribution >= 4 is 23.5 Å². The van der Waals surface area contributed by atoms with E-state index in [-0.39, 0.29) is 47.6 Å². The molecule has 2 bridgehead atoms. The van der Waals surface area contributed by atoms with E-state index in [2.05, 4.69) is 5.32 Å². The lowest BCUT2D eigenvalue weighted by molar-refractivity contribution is -0.145. The number of fused-ring (bicyclic) bond motifs is 1. The van der Waals surface area contributed by atoms with Crippen LogP contribution in [-0.2, 0) is 20.9 Å². The van der Waals surface area contributed by atoms with Crippen LogP contribution >= 0.6 is 0 Å². The SMILES string of the molecule is CN(Cc1ccccc1)C(=O)c1cccc(NC(=O)[C@H]2[C@@H]3C[C@@H]4[C@H]2C(=O)O[C@@H]4C3)c1. The zero-order valence-corrected chi connectivity index (χ0v) is 16.8. The van der Waals surface area contributed by atoms with Crippen molar-refractivity contribution < 1.29 is 19.1 Å². The second kappa shape index (κ2) is 7.27. The Morgan fingerprint density at radius 3 is 2.70 bits per heavy atom. The number of hydrogen-bond donors (Lipinski definition) is 1. The molecule has 1 heterocycles. The first-order valence-electron chi connectivity index (χ1n) is 10.4. The highest BCUT2D eigenvalue weighted by Gasteiger charge is 2.63. The fourth-order valence-electron chi connectivity index (χ4n) is 5.47. The lowest BCUT2D eigenvalue weighted by Gasteiger charge is -2.23. The second-order valence-electron chi connectivity index (χ2n) is 8.64. The molecule has 1 aliphatic heterocycles. The lowest BCUT2D eigenvalue weighted by Crippen LogP contribution is -2.35. The van der Waals surface area contributed by atoms with Gasteiger partial charge in [0, 0.05) is 30.8 Å². The second-order valence-corrected chi connectivity index (χ2v) is 8.64. The number of carbonyl (C=O) groups is 3. The maximum Gasteiger partial charge on any atom is 0.310 e. The Balaban J connectivity index is 1.28. The van der Waals surface area contributed by atoms with Crippen molar-refractivity contribution in [2.24, 2.45) is 23.7 Å². The smallest absolute Gasteiger partial charge is 0.310 e. The van der Waals surface area contributed by atoms with Crippen LogP contribution in [0.1, 0.15) is 28.8 Å². The number of carbonyl (C=O) groups excluding carboxylic acids is 3. The molecular weight excluding hydrogens is 380 g/mol. The predicted molar refractivity (Wildman–Crippen MR) is 110 cm³/mol. The van der Waals surface area contributed by atoms with Gasteiger partial charge in [0.2, 0.25) is 5.91 Å². The van der Waals surface area contributed by atoms with Gasteiger partial charge in [0.25, 0.3) is 5.91 Å². The highest BCUT2D eigenvalue weighted by Crippen LogP contribution is 2.57. The van der Waals surface area contributed by atoms with Gasteiger partial charge in [-0.25, -0.2) is 0 Å². The van der Waals surface area contributed by atoms with Crippen molar-refractivity contribution in [2.45, 2.75) is 25.5 Å². The molecule has 2 aromatic rings. The number of rotatable bonds is 5. The number of ether oxygens (including phenoxy) is 1.